The van der Waals surface area contributed by atoms with Crippen molar-refractivity contribution in [1.82, 2.24) is 9.13 Å². The van der Waals surface area contributed by atoms with Gasteiger partial charge in [0.1, 0.15) is 11.2 Å². The van der Waals surface area contributed by atoms with Gasteiger partial charge in [0, 0.05) is 67.0 Å². The van der Waals surface area contributed by atoms with Gasteiger partial charge in [-0.1, -0.05) is 103 Å². The van der Waals surface area contributed by atoms with Crippen LogP contribution in [0.25, 0.3) is 82.4 Å². The first kappa shape index (κ1) is 30.6. The lowest BCUT2D eigenvalue weighted by Gasteiger charge is -2.27. The zero-order valence-electron chi connectivity index (χ0n) is 29.8. The minimum atomic E-state index is 0.882. The van der Waals surface area contributed by atoms with Gasteiger partial charge in [0.2, 0.25) is 0 Å². The molecule has 0 saturated carbocycles. The Balaban J connectivity index is 1.17. The molecular formula is C50H35N3O. The third-order valence-corrected chi connectivity index (χ3v) is 11.1. The number of hydrogen-bond donors (Lipinski definition) is 0. The Morgan fingerprint density at radius 2 is 1.11 bits per heavy atom. The summed E-state index contributed by atoms with van der Waals surface area (Å²) in [6, 6.07) is 65.7. The first-order valence-corrected chi connectivity index (χ1v) is 18.7. The van der Waals surface area contributed by atoms with Crippen molar-refractivity contribution in [3.63, 3.8) is 0 Å². The van der Waals surface area contributed by atoms with Crippen molar-refractivity contribution in [1.29, 1.82) is 0 Å². The van der Waals surface area contributed by atoms with Crippen LogP contribution in [0.4, 0.5) is 17.1 Å². The molecule has 0 aliphatic heterocycles. The summed E-state index contributed by atoms with van der Waals surface area (Å²) in [4.78, 5) is 2.43. The number of anilines is 3. The van der Waals surface area contributed by atoms with E-state index in [2.05, 4.69) is 191 Å². The van der Waals surface area contributed by atoms with Crippen LogP contribution < -0.4 is 4.90 Å². The van der Waals surface area contributed by atoms with E-state index >= 15 is 0 Å². The summed E-state index contributed by atoms with van der Waals surface area (Å²) in [7, 11) is 0. The fraction of sp³-hybridized carbons (Fsp3) is 0.0400. The summed E-state index contributed by atoms with van der Waals surface area (Å²) in [6.07, 6.45) is 0. The summed E-state index contributed by atoms with van der Waals surface area (Å²) < 4.78 is 11.1. The smallest absolute Gasteiger partial charge is 0.135 e. The SMILES string of the molecule is CCn1c2ccccc2c2ccc(-c3cccc(N(c4ccc5oc6ccccc6c5c4)c4cccc5c4c4ccccc4n5-c4ccccc4)c3)cc21. The average Bonchev–Trinajstić information content (AvgIpc) is 3.89. The average molecular weight is 694 g/mol. The number of hydrogen-bond acceptors (Lipinski definition) is 2. The second-order valence-electron chi connectivity index (χ2n) is 14.0. The van der Waals surface area contributed by atoms with Crippen molar-refractivity contribution in [2.45, 2.75) is 13.5 Å². The predicted octanol–water partition coefficient (Wildman–Crippen LogP) is 13.9. The van der Waals surface area contributed by atoms with Crippen LogP contribution in [0, 0.1) is 0 Å². The van der Waals surface area contributed by atoms with Crippen LogP contribution in [0.1, 0.15) is 6.92 Å². The van der Waals surface area contributed by atoms with Crippen molar-refractivity contribution in [2.24, 2.45) is 0 Å². The van der Waals surface area contributed by atoms with Gasteiger partial charge >= 0.3 is 0 Å². The van der Waals surface area contributed by atoms with Gasteiger partial charge in [-0.05, 0) is 96.9 Å². The van der Waals surface area contributed by atoms with Gasteiger partial charge in [-0.15, -0.1) is 0 Å². The summed E-state index contributed by atoms with van der Waals surface area (Å²) in [5.41, 5.74) is 13.4. The molecule has 0 aliphatic carbocycles. The lowest BCUT2D eigenvalue weighted by molar-refractivity contribution is 0.669. The Kier molecular flexibility index (Phi) is 6.80. The van der Waals surface area contributed by atoms with E-state index in [0.717, 1.165) is 56.7 Å². The van der Waals surface area contributed by atoms with Gasteiger partial charge in [-0.25, -0.2) is 0 Å². The van der Waals surface area contributed by atoms with E-state index in [1.54, 1.807) is 0 Å². The highest BCUT2D eigenvalue weighted by Crippen LogP contribution is 2.46. The largest absolute Gasteiger partial charge is 0.456 e. The molecular weight excluding hydrogens is 659 g/mol. The molecule has 3 heterocycles. The first-order chi connectivity index (χ1) is 26.7. The molecule has 54 heavy (non-hydrogen) atoms. The molecule has 0 unspecified atom stereocenters. The van der Waals surface area contributed by atoms with Gasteiger partial charge in [0.05, 0.1) is 16.7 Å². The van der Waals surface area contributed by atoms with Crippen LogP contribution in [-0.2, 0) is 6.54 Å². The Morgan fingerprint density at radius 3 is 1.98 bits per heavy atom. The lowest BCUT2D eigenvalue weighted by Crippen LogP contribution is -2.10. The summed E-state index contributed by atoms with van der Waals surface area (Å²) >= 11 is 0. The third kappa shape index (κ3) is 4.56. The summed E-state index contributed by atoms with van der Waals surface area (Å²) in [5, 5.41) is 7.21. The van der Waals surface area contributed by atoms with Gasteiger partial charge in [0.25, 0.3) is 0 Å². The number of fused-ring (bicyclic) bond motifs is 9. The second-order valence-corrected chi connectivity index (χ2v) is 14.0. The zero-order valence-corrected chi connectivity index (χ0v) is 29.8. The molecule has 256 valence electrons. The maximum absolute atomic E-state index is 6.31. The molecule has 0 atom stereocenters. The molecule has 11 rings (SSSR count). The molecule has 0 amide bonds. The van der Waals surface area contributed by atoms with Crippen molar-refractivity contribution in [3.05, 3.63) is 182 Å². The first-order valence-electron chi connectivity index (χ1n) is 18.7. The van der Waals surface area contributed by atoms with Crippen LogP contribution in [0.15, 0.2) is 186 Å². The van der Waals surface area contributed by atoms with E-state index in [1.165, 1.54) is 49.2 Å². The topological polar surface area (TPSA) is 26.2 Å². The molecule has 0 saturated heterocycles. The van der Waals surface area contributed by atoms with E-state index in [4.69, 9.17) is 4.42 Å². The molecule has 0 bridgehead atoms. The standard InChI is InChI=1S/C50H35N3O/c1-2-51-43-21-9-6-18-38(43)39-28-26-34(31-47(39)51)33-14-12-17-36(30-33)52(37-27-29-49-42(32-37)40-19-8-11-25-48(40)54-49)45-23-13-24-46-50(45)41-20-7-10-22-44(41)53(46)35-15-4-3-5-16-35/h3-32H,2H2,1H3. The summed E-state index contributed by atoms with van der Waals surface area (Å²) in [6.45, 7) is 3.14. The second kappa shape index (κ2) is 12.0. The van der Waals surface area contributed by atoms with Crippen molar-refractivity contribution < 1.29 is 4.42 Å². The van der Waals surface area contributed by atoms with E-state index < -0.39 is 0 Å². The predicted molar refractivity (Wildman–Crippen MR) is 227 cm³/mol. The number of aromatic nitrogens is 2. The number of para-hydroxylation sites is 4. The Labute approximate surface area is 312 Å². The minimum Gasteiger partial charge on any atom is -0.456 e. The van der Waals surface area contributed by atoms with E-state index in [9.17, 15) is 0 Å². The molecule has 11 aromatic rings. The molecule has 4 heteroatoms. The molecule has 0 radical (unpaired) electrons. The number of benzene rings is 8. The fourth-order valence-electron chi connectivity index (χ4n) is 8.72. The Morgan fingerprint density at radius 1 is 0.444 bits per heavy atom. The van der Waals surface area contributed by atoms with Crippen LogP contribution in [0.2, 0.25) is 0 Å². The van der Waals surface area contributed by atoms with Crippen LogP contribution >= 0.6 is 0 Å². The highest BCUT2D eigenvalue weighted by molar-refractivity contribution is 6.17. The normalized spacial score (nSPS) is 11.9. The molecule has 8 aromatic carbocycles. The van der Waals surface area contributed by atoms with Crippen LogP contribution in [-0.4, -0.2) is 9.13 Å². The molecule has 0 N–H and O–H groups in total. The van der Waals surface area contributed by atoms with Gasteiger partial charge < -0.3 is 18.5 Å². The summed E-state index contributed by atoms with van der Waals surface area (Å²) in [5.74, 6) is 0. The number of aryl methyl sites for hydroxylation is 1. The number of furan rings is 1. The third-order valence-electron chi connectivity index (χ3n) is 11.1. The lowest BCUT2D eigenvalue weighted by atomic mass is 10.0. The fourth-order valence-corrected chi connectivity index (χ4v) is 8.72. The van der Waals surface area contributed by atoms with E-state index in [1.807, 2.05) is 12.1 Å². The van der Waals surface area contributed by atoms with Crippen LogP contribution in [0.3, 0.4) is 0 Å². The molecule has 3 aromatic heterocycles. The maximum atomic E-state index is 6.31. The van der Waals surface area contributed by atoms with Crippen molar-refractivity contribution in [3.8, 4) is 16.8 Å². The van der Waals surface area contributed by atoms with Gasteiger partial charge in [0.15, 0.2) is 0 Å². The maximum Gasteiger partial charge on any atom is 0.135 e. The number of rotatable bonds is 6. The Bertz CT molecular complexity index is 3220. The molecule has 0 spiro atoms. The van der Waals surface area contributed by atoms with Crippen LogP contribution in [0.5, 0.6) is 0 Å². The zero-order chi connectivity index (χ0) is 35.8. The van der Waals surface area contributed by atoms with Gasteiger partial charge in [-0.2, -0.15) is 0 Å². The van der Waals surface area contributed by atoms with E-state index in [-0.39, 0.29) is 0 Å². The van der Waals surface area contributed by atoms with E-state index in [0.29, 0.717) is 0 Å². The molecule has 0 aliphatic rings. The quantitative estimate of drug-likeness (QED) is 0.173. The van der Waals surface area contributed by atoms with Crippen molar-refractivity contribution in [2.75, 3.05) is 4.90 Å². The highest BCUT2D eigenvalue weighted by atomic mass is 16.3. The highest BCUT2D eigenvalue weighted by Gasteiger charge is 2.22. The molecule has 4 nitrogen and oxygen atoms in total. The van der Waals surface area contributed by atoms with Crippen molar-refractivity contribution >= 4 is 82.6 Å². The monoisotopic (exact) mass is 693 g/mol. The Hall–Kier alpha value is -7.04. The van der Waals surface area contributed by atoms with Gasteiger partial charge in [-0.3, -0.25) is 0 Å². The molecule has 0 fully saturated rings. The number of nitrogens with zero attached hydrogens (tertiary/aromatic N) is 3. The minimum absolute atomic E-state index is 0.882.